The minimum absolute atomic E-state index is 0.0519. The molecule has 0 atom stereocenters. The standard InChI is InChI=1S/C11H16O2/c1-3-5-7-11(8-6-9-11)10(12)13-4-2/h4,6-9H2,1-2H3. The lowest BCUT2D eigenvalue weighted by Crippen LogP contribution is -2.39. The van der Waals surface area contributed by atoms with Crippen LogP contribution in [0.4, 0.5) is 0 Å². The van der Waals surface area contributed by atoms with Crippen molar-refractivity contribution in [1.82, 2.24) is 0 Å². The molecule has 1 saturated carbocycles. The van der Waals surface area contributed by atoms with E-state index in [-0.39, 0.29) is 11.4 Å². The first-order chi connectivity index (χ1) is 6.25. The van der Waals surface area contributed by atoms with E-state index in [4.69, 9.17) is 4.74 Å². The molecule has 0 spiro atoms. The second-order valence-electron chi connectivity index (χ2n) is 3.46. The van der Waals surface area contributed by atoms with Gasteiger partial charge in [0.15, 0.2) is 0 Å². The first-order valence-corrected chi connectivity index (χ1v) is 4.82. The predicted molar refractivity (Wildman–Crippen MR) is 51.0 cm³/mol. The summed E-state index contributed by atoms with van der Waals surface area (Å²) in [5, 5.41) is 0. The van der Waals surface area contributed by atoms with Gasteiger partial charge >= 0.3 is 5.97 Å². The van der Waals surface area contributed by atoms with Crippen molar-refractivity contribution in [2.75, 3.05) is 6.61 Å². The predicted octanol–water partition coefficient (Wildman–Crippen LogP) is 2.13. The topological polar surface area (TPSA) is 26.3 Å². The smallest absolute Gasteiger partial charge is 0.313 e. The highest BCUT2D eigenvalue weighted by Gasteiger charge is 2.44. The first-order valence-electron chi connectivity index (χ1n) is 4.82. The van der Waals surface area contributed by atoms with Crippen LogP contribution in [0.25, 0.3) is 0 Å². The van der Waals surface area contributed by atoms with E-state index in [0.29, 0.717) is 13.0 Å². The molecule has 1 aliphatic rings. The monoisotopic (exact) mass is 180 g/mol. The number of ether oxygens (including phenoxy) is 1. The summed E-state index contributed by atoms with van der Waals surface area (Å²) >= 11 is 0. The zero-order valence-electron chi connectivity index (χ0n) is 8.35. The van der Waals surface area contributed by atoms with Crippen molar-refractivity contribution in [3.8, 4) is 11.8 Å². The van der Waals surface area contributed by atoms with E-state index in [1.54, 1.807) is 6.92 Å². The van der Waals surface area contributed by atoms with E-state index in [0.717, 1.165) is 19.3 Å². The number of esters is 1. The van der Waals surface area contributed by atoms with Crippen LogP contribution in [0.5, 0.6) is 0 Å². The van der Waals surface area contributed by atoms with Crippen molar-refractivity contribution in [1.29, 1.82) is 0 Å². The van der Waals surface area contributed by atoms with Gasteiger partial charge in [-0.25, -0.2) is 0 Å². The maximum absolute atomic E-state index is 11.6. The number of rotatable bonds is 3. The quantitative estimate of drug-likeness (QED) is 0.491. The third-order valence-electron chi connectivity index (χ3n) is 2.62. The van der Waals surface area contributed by atoms with E-state index in [1.165, 1.54) is 0 Å². The summed E-state index contributed by atoms with van der Waals surface area (Å²) < 4.78 is 5.04. The minimum atomic E-state index is -0.251. The normalized spacial score (nSPS) is 18.0. The molecule has 0 aromatic heterocycles. The Bertz CT molecular complexity index is 241. The van der Waals surface area contributed by atoms with Crippen LogP contribution >= 0.6 is 0 Å². The fourth-order valence-electron chi connectivity index (χ4n) is 1.60. The van der Waals surface area contributed by atoms with Crippen molar-refractivity contribution in [3.05, 3.63) is 0 Å². The molecule has 0 N–H and O–H groups in total. The summed E-state index contributed by atoms with van der Waals surface area (Å²) in [6.07, 6.45) is 3.69. The lowest BCUT2D eigenvalue weighted by atomic mass is 9.67. The molecule has 1 fully saturated rings. The molecule has 0 saturated heterocycles. The molecule has 2 heteroatoms. The average Bonchev–Trinajstić information content (AvgIpc) is 2.03. The van der Waals surface area contributed by atoms with E-state index in [2.05, 4.69) is 11.8 Å². The van der Waals surface area contributed by atoms with E-state index in [1.807, 2.05) is 6.92 Å². The van der Waals surface area contributed by atoms with Gasteiger partial charge in [-0.05, 0) is 26.7 Å². The van der Waals surface area contributed by atoms with Crippen LogP contribution in [0, 0.1) is 17.3 Å². The molecule has 0 aromatic rings. The van der Waals surface area contributed by atoms with Crippen molar-refractivity contribution in [2.45, 2.75) is 39.5 Å². The number of carbonyl (C=O) groups excluding carboxylic acids is 1. The van der Waals surface area contributed by atoms with Crippen LogP contribution < -0.4 is 0 Å². The van der Waals surface area contributed by atoms with Gasteiger partial charge in [0.25, 0.3) is 0 Å². The van der Waals surface area contributed by atoms with Crippen LogP contribution in [0.15, 0.2) is 0 Å². The van der Waals surface area contributed by atoms with Crippen molar-refractivity contribution in [3.63, 3.8) is 0 Å². The van der Waals surface area contributed by atoms with Crippen molar-refractivity contribution >= 4 is 5.97 Å². The lowest BCUT2D eigenvalue weighted by Gasteiger charge is -2.37. The molecule has 0 aromatic carbocycles. The van der Waals surface area contributed by atoms with Gasteiger partial charge in [-0.2, -0.15) is 0 Å². The molecular formula is C11H16O2. The van der Waals surface area contributed by atoms with E-state index >= 15 is 0 Å². The third kappa shape index (κ3) is 2.03. The summed E-state index contributed by atoms with van der Waals surface area (Å²) in [6, 6.07) is 0. The van der Waals surface area contributed by atoms with Crippen LogP contribution in [0.1, 0.15) is 39.5 Å². The summed E-state index contributed by atoms with van der Waals surface area (Å²) in [6.45, 7) is 4.12. The molecule has 13 heavy (non-hydrogen) atoms. The van der Waals surface area contributed by atoms with Gasteiger partial charge in [-0.3, -0.25) is 4.79 Å². The molecule has 0 bridgehead atoms. The average molecular weight is 180 g/mol. The maximum Gasteiger partial charge on any atom is 0.313 e. The lowest BCUT2D eigenvalue weighted by molar-refractivity contribution is -0.160. The molecule has 0 aliphatic heterocycles. The maximum atomic E-state index is 11.6. The highest BCUT2D eigenvalue weighted by atomic mass is 16.5. The van der Waals surface area contributed by atoms with Gasteiger partial charge in [-0.15, -0.1) is 11.8 Å². The van der Waals surface area contributed by atoms with Crippen LogP contribution in [-0.2, 0) is 9.53 Å². The number of hydrogen-bond acceptors (Lipinski definition) is 2. The zero-order valence-corrected chi connectivity index (χ0v) is 8.35. The molecule has 0 amide bonds. The summed E-state index contributed by atoms with van der Waals surface area (Å²) in [5.41, 5.74) is -0.251. The molecule has 0 unspecified atom stereocenters. The molecule has 0 radical (unpaired) electrons. The van der Waals surface area contributed by atoms with Gasteiger partial charge in [0.05, 0.1) is 12.0 Å². The zero-order chi connectivity index (χ0) is 9.73. The highest BCUT2D eigenvalue weighted by Crippen LogP contribution is 2.44. The van der Waals surface area contributed by atoms with Gasteiger partial charge in [0.1, 0.15) is 0 Å². The first kappa shape index (κ1) is 10.1. The fourth-order valence-corrected chi connectivity index (χ4v) is 1.60. The Morgan fingerprint density at radius 3 is 2.62 bits per heavy atom. The fraction of sp³-hybridized carbons (Fsp3) is 0.727. The Hall–Kier alpha value is -0.970. The van der Waals surface area contributed by atoms with Crippen molar-refractivity contribution < 1.29 is 9.53 Å². The second kappa shape index (κ2) is 4.32. The van der Waals surface area contributed by atoms with E-state index in [9.17, 15) is 4.79 Å². The Labute approximate surface area is 79.7 Å². The Balaban J connectivity index is 2.56. The van der Waals surface area contributed by atoms with Gasteiger partial charge < -0.3 is 4.74 Å². The number of carbonyl (C=O) groups is 1. The molecule has 72 valence electrons. The highest BCUT2D eigenvalue weighted by molar-refractivity contribution is 5.78. The minimum Gasteiger partial charge on any atom is -0.466 e. The molecule has 0 heterocycles. The van der Waals surface area contributed by atoms with E-state index < -0.39 is 0 Å². The van der Waals surface area contributed by atoms with Crippen LogP contribution in [0.2, 0.25) is 0 Å². The summed E-state index contributed by atoms with van der Waals surface area (Å²) in [5.74, 6) is 5.76. The van der Waals surface area contributed by atoms with Crippen LogP contribution in [-0.4, -0.2) is 12.6 Å². The molecule has 2 nitrogen and oxygen atoms in total. The van der Waals surface area contributed by atoms with Crippen molar-refractivity contribution in [2.24, 2.45) is 5.41 Å². The second-order valence-corrected chi connectivity index (χ2v) is 3.46. The van der Waals surface area contributed by atoms with Crippen LogP contribution in [0.3, 0.4) is 0 Å². The largest absolute Gasteiger partial charge is 0.466 e. The number of hydrogen-bond donors (Lipinski definition) is 0. The van der Waals surface area contributed by atoms with Gasteiger partial charge in [0, 0.05) is 6.42 Å². The third-order valence-corrected chi connectivity index (χ3v) is 2.62. The Morgan fingerprint density at radius 1 is 1.54 bits per heavy atom. The Kier molecular flexibility index (Phi) is 3.36. The molecule has 1 rings (SSSR count). The summed E-state index contributed by atoms with van der Waals surface area (Å²) in [4.78, 5) is 11.6. The molecule has 1 aliphatic carbocycles. The van der Waals surface area contributed by atoms with Gasteiger partial charge in [0.2, 0.25) is 0 Å². The Morgan fingerprint density at radius 2 is 2.23 bits per heavy atom. The molecular weight excluding hydrogens is 164 g/mol. The SMILES string of the molecule is CC#CCC1(C(=O)OCC)CCC1. The van der Waals surface area contributed by atoms with Gasteiger partial charge in [-0.1, -0.05) is 6.42 Å². The summed E-state index contributed by atoms with van der Waals surface area (Å²) in [7, 11) is 0.